The van der Waals surface area contributed by atoms with Crippen LogP contribution in [0.5, 0.6) is 11.6 Å². The van der Waals surface area contributed by atoms with Crippen molar-refractivity contribution < 1.29 is 19.4 Å². The van der Waals surface area contributed by atoms with Crippen molar-refractivity contribution in [3.63, 3.8) is 0 Å². The molecule has 0 spiro atoms. The van der Waals surface area contributed by atoms with E-state index in [2.05, 4.69) is 15.3 Å². The molecule has 0 aliphatic heterocycles. The topological polar surface area (TPSA) is 127 Å². The number of aromatic nitrogens is 2. The van der Waals surface area contributed by atoms with Crippen LogP contribution in [-0.2, 0) is 0 Å². The molecule has 2 rings (SSSR count). The Morgan fingerprint density at radius 3 is 2.75 bits per heavy atom. The molecule has 0 unspecified atom stereocenters. The number of rotatable bonds is 4. The van der Waals surface area contributed by atoms with Gasteiger partial charge in [0.25, 0.3) is 5.91 Å². The van der Waals surface area contributed by atoms with Gasteiger partial charge in [-0.3, -0.25) is 10.1 Å². The van der Waals surface area contributed by atoms with E-state index in [-0.39, 0.29) is 11.6 Å². The van der Waals surface area contributed by atoms with Crippen LogP contribution in [-0.4, -0.2) is 27.1 Å². The van der Waals surface area contributed by atoms with E-state index < -0.39 is 12.0 Å². The molecule has 0 saturated carbocycles. The largest absolute Gasteiger partial charge is 0.465 e. The van der Waals surface area contributed by atoms with Crippen molar-refractivity contribution in [2.45, 2.75) is 0 Å². The number of benzene rings is 1. The van der Waals surface area contributed by atoms with Crippen LogP contribution in [0.2, 0.25) is 0 Å². The molecule has 0 saturated heterocycles. The molecule has 0 aliphatic carbocycles. The molecule has 4 N–H and O–H groups in total. The highest BCUT2D eigenvalue weighted by Crippen LogP contribution is 2.22. The summed E-state index contributed by atoms with van der Waals surface area (Å²) in [6, 6.07) is 7.55. The van der Waals surface area contributed by atoms with Gasteiger partial charge in [-0.15, -0.1) is 0 Å². The summed E-state index contributed by atoms with van der Waals surface area (Å²) in [5, 5.41) is 10.8. The molecule has 2 amide bonds. The van der Waals surface area contributed by atoms with Crippen molar-refractivity contribution in [3.8, 4) is 11.6 Å². The predicted octanol–water partition coefficient (Wildman–Crippen LogP) is 1.46. The molecule has 8 heteroatoms. The fourth-order valence-corrected chi connectivity index (χ4v) is 1.41. The lowest BCUT2D eigenvalue weighted by molar-refractivity contribution is 0.0995. The monoisotopic (exact) mass is 274 g/mol. The molecule has 0 fully saturated rings. The van der Waals surface area contributed by atoms with Gasteiger partial charge in [0.05, 0.1) is 0 Å². The van der Waals surface area contributed by atoms with Gasteiger partial charge in [-0.2, -0.15) is 0 Å². The molecule has 1 aromatic heterocycles. The fourth-order valence-electron chi connectivity index (χ4n) is 1.41. The molecular weight excluding hydrogens is 264 g/mol. The summed E-state index contributed by atoms with van der Waals surface area (Å²) in [6.07, 6.45) is -0.0328. The Morgan fingerprint density at radius 2 is 2.05 bits per heavy atom. The third kappa shape index (κ3) is 3.42. The Kier molecular flexibility index (Phi) is 3.75. The molecular formula is C12H10N4O4. The number of carbonyl (C=O) groups excluding carboxylic acids is 1. The minimum Gasteiger partial charge on any atom is -0.465 e. The average molecular weight is 274 g/mol. The smallest absolute Gasteiger partial charge is 0.409 e. The number of primary amides is 1. The summed E-state index contributed by atoms with van der Waals surface area (Å²) in [5.74, 6) is -0.217. The first-order chi connectivity index (χ1) is 9.54. The molecule has 0 bridgehead atoms. The van der Waals surface area contributed by atoms with Gasteiger partial charge >= 0.3 is 6.09 Å². The minimum atomic E-state index is -1.18. The molecule has 0 radical (unpaired) electrons. The Hall–Kier alpha value is -3.16. The maximum atomic E-state index is 11.0. The first-order valence-electron chi connectivity index (χ1n) is 5.44. The molecule has 0 aliphatic rings. The van der Waals surface area contributed by atoms with Gasteiger partial charge in [-0.25, -0.2) is 14.8 Å². The Morgan fingerprint density at radius 1 is 1.25 bits per heavy atom. The van der Waals surface area contributed by atoms with Crippen LogP contribution in [0.25, 0.3) is 0 Å². The lowest BCUT2D eigenvalue weighted by Gasteiger charge is -2.07. The molecule has 20 heavy (non-hydrogen) atoms. The molecule has 2 aromatic rings. The second-order valence-corrected chi connectivity index (χ2v) is 3.67. The first-order valence-corrected chi connectivity index (χ1v) is 5.44. The van der Waals surface area contributed by atoms with E-state index in [0.717, 1.165) is 6.33 Å². The van der Waals surface area contributed by atoms with Crippen LogP contribution in [0, 0.1) is 0 Å². The lowest BCUT2D eigenvalue weighted by Crippen LogP contribution is -2.13. The molecule has 1 heterocycles. The van der Waals surface area contributed by atoms with Crippen LogP contribution in [0.4, 0.5) is 10.5 Å². The first kappa shape index (κ1) is 13.3. The van der Waals surface area contributed by atoms with E-state index >= 15 is 0 Å². The van der Waals surface area contributed by atoms with Gasteiger partial charge in [-0.05, 0) is 12.1 Å². The zero-order valence-electron chi connectivity index (χ0n) is 10.1. The van der Waals surface area contributed by atoms with Crippen molar-refractivity contribution in [2.24, 2.45) is 5.73 Å². The van der Waals surface area contributed by atoms with Crippen molar-refractivity contribution in [2.75, 3.05) is 5.32 Å². The van der Waals surface area contributed by atoms with Crippen LogP contribution >= 0.6 is 0 Å². The van der Waals surface area contributed by atoms with Crippen LogP contribution < -0.4 is 15.8 Å². The summed E-state index contributed by atoms with van der Waals surface area (Å²) in [5.41, 5.74) is 5.46. The van der Waals surface area contributed by atoms with Crippen molar-refractivity contribution in [1.29, 1.82) is 0 Å². The van der Waals surface area contributed by atoms with E-state index in [9.17, 15) is 9.59 Å². The lowest BCUT2D eigenvalue weighted by atomic mass is 10.3. The minimum absolute atomic E-state index is 0.0230. The number of carbonyl (C=O) groups is 2. The van der Waals surface area contributed by atoms with Gasteiger partial charge in [0.15, 0.2) is 0 Å². The standard InChI is InChI=1S/C12H10N4O4/c13-11(17)9-5-10(15-6-14-9)20-8-3-1-2-7(4-8)16-12(18)19/h1-6,16H,(H2,13,17)(H,18,19). The number of nitrogens with two attached hydrogens (primary N) is 1. The van der Waals surface area contributed by atoms with E-state index in [1.54, 1.807) is 18.2 Å². The summed E-state index contributed by atoms with van der Waals surface area (Å²) in [4.78, 5) is 29.0. The molecule has 1 aromatic carbocycles. The maximum absolute atomic E-state index is 11.0. The van der Waals surface area contributed by atoms with Crippen LogP contribution in [0.3, 0.4) is 0 Å². The van der Waals surface area contributed by atoms with Crippen LogP contribution in [0.1, 0.15) is 10.5 Å². The third-order valence-corrected chi connectivity index (χ3v) is 2.20. The highest BCUT2D eigenvalue weighted by Gasteiger charge is 2.06. The molecule has 8 nitrogen and oxygen atoms in total. The third-order valence-electron chi connectivity index (χ3n) is 2.20. The van der Waals surface area contributed by atoms with Gasteiger partial charge in [0.2, 0.25) is 5.88 Å². The number of hydrogen-bond donors (Lipinski definition) is 3. The van der Waals surface area contributed by atoms with Crippen molar-refractivity contribution in [1.82, 2.24) is 9.97 Å². The number of amides is 2. The van der Waals surface area contributed by atoms with E-state index in [4.69, 9.17) is 15.6 Å². The zero-order valence-corrected chi connectivity index (χ0v) is 10.1. The van der Waals surface area contributed by atoms with Gasteiger partial charge in [0, 0.05) is 17.8 Å². The van der Waals surface area contributed by atoms with E-state index in [0.29, 0.717) is 11.4 Å². The number of ether oxygens (including phenoxy) is 1. The predicted molar refractivity (Wildman–Crippen MR) is 68.7 cm³/mol. The number of anilines is 1. The van der Waals surface area contributed by atoms with Gasteiger partial charge < -0.3 is 15.6 Å². The van der Waals surface area contributed by atoms with Crippen LogP contribution in [0.15, 0.2) is 36.7 Å². The number of nitrogens with zero attached hydrogens (tertiary/aromatic N) is 2. The summed E-state index contributed by atoms with van der Waals surface area (Å²) < 4.78 is 5.40. The number of nitrogens with one attached hydrogen (secondary N) is 1. The van der Waals surface area contributed by atoms with Crippen molar-refractivity contribution >= 4 is 17.7 Å². The Balaban J connectivity index is 2.19. The summed E-state index contributed by atoms with van der Waals surface area (Å²) >= 11 is 0. The van der Waals surface area contributed by atoms with Gasteiger partial charge in [0.1, 0.15) is 17.8 Å². The second-order valence-electron chi connectivity index (χ2n) is 3.67. The van der Waals surface area contributed by atoms with E-state index in [1.807, 2.05) is 0 Å². The quantitative estimate of drug-likeness (QED) is 0.774. The van der Waals surface area contributed by atoms with Gasteiger partial charge in [-0.1, -0.05) is 6.07 Å². The summed E-state index contributed by atoms with van der Waals surface area (Å²) in [7, 11) is 0. The number of carboxylic acid groups (broad SMARTS) is 1. The Bertz CT molecular complexity index is 659. The fraction of sp³-hybridized carbons (Fsp3) is 0. The zero-order chi connectivity index (χ0) is 14.5. The average Bonchev–Trinajstić information content (AvgIpc) is 2.38. The Labute approximate surface area is 113 Å². The van der Waals surface area contributed by atoms with E-state index in [1.165, 1.54) is 12.1 Å². The second kappa shape index (κ2) is 5.65. The highest BCUT2D eigenvalue weighted by atomic mass is 16.5. The maximum Gasteiger partial charge on any atom is 0.409 e. The number of hydrogen-bond acceptors (Lipinski definition) is 5. The molecule has 102 valence electrons. The molecule has 0 atom stereocenters. The van der Waals surface area contributed by atoms with Crippen molar-refractivity contribution in [3.05, 3.63) is 42.4 Å². The normalized spacial score (nSPS) is 9.80. The highest BCUT2D eigenvalue weighted by molar-refractivity contribution is 5.90. The summed E-state index contributed by atoms with van der Waals surface area (Å²) in [6.45, 7) is 0. The SMILES string of the molecule is NC(=O)c1cc(Oc2cccc(NC(=O)O)c2)ncn1.